The van der Waals surface area contributed by atoms with Gasteiger partial charge in [-0.05, 0) is 18.3 Å². The molecule has 0 heterocycles. The Morgan fingerprint density at radius 3 is 1.67 bits per heavy atom. The first kappa shape index (κ1) is 23.2. The maximum atomic E-state index is 10.2. The number of rotatable bonds is 5. The van der Waals surface area contributed by atoms with Gasteiger partial charge in [-0.2, -0.15) is 0 Å². The summed E-state index contributed by atoms with van der Waals surface area (Å²) < 4.78 is 0. The number of carboxylic acids is 1. The van der Waals surface area contributed by atoms with Crippen LogP contribution in [0.25, 0.3) is 0 Å². The Morgan fingerprint density at radius 2 is 1.39 bits per heavy atom. The largest absolute Gasteiger partial charge is 0.668 e. The second-order valence-electron chi connectivity index (χ2n) is 5.12. The number of hydrogen-bond acceptors (Lipinski definition) is 5. The molecule has 0 spiro atoms. The van der Waals surface area contributed by atoms with Crippen LogP contribution in [-0.4, -0.2) is 39.3 Å². The van der Waals surface area contributed by atoms with E-state index < -0.39 is 15.0 Å². The van der Waals surface area contributed by atoms with Gasteiger partial charge in [-0.25, -0.2) is 0 Å². The second kappa shape index (κ2) is 10.9. The molecule has 0 aromatic carbocycles. The average Bonchev–Trinajstić information content (AvgIpc) is 1.97. The molecule has 8 heteroatoms. The molecule has 0 saturated heterocycles. The zero-order chi connectivity index (χ0) is 14.1. The first-order chi connectivity index (χ1) is 7.42. The topological polar surface area (TPSA) is 118 Å². The molecular weight excluding hydrogens is 303 g/mol. The monoisotopic (exact) mass is 327 g/mol. The summed E-state index contributed by atoms with van der Waals surface area (Å²) in [6, 6.07) is 0. The Hall–Kier alpha value is 0.0334. The normalized spacial score (nSPS) is 11.1. The quantitative estimate of drug-likeness (QED) is 0.370. The predicted octanol–water partition coefficient (Wildman–Crippen LogP) is 0.456. The van der Waals surface area contributed by atoms with Crippen molar-refractivity contribution in [3.63, 3.8) is 0 Å². The minimum atomic E-state index is -4.61. The van der Waals surface area contributed by atoms with Crippen LogP contribution in [0.5, 0.6) is 0 Å². The van der Waals surface area contributed by atoms with Crippen LogP contribution >= 0.6 is 0 Å². The van der Waals surface area contributed by atoms with Crippen LogP contribution in [0.1, 0.15) is 52.9 Å². The molecule has 0 aromatic heterocycles. The van der Waals surface area contributed by atoms with Crippen molar-refractivity contribution in [2.75, 3.05) is 0 Å². The zero-order valence-corrected chi connectivity index (χ0v) is 13.1. The molecule has 6 nitrogen and oxygen atoms in total. The van der Waals surface area contributed by atoms with E-state index in [1.165, 1.54) is 6.42 Å². The van der Waals surface area contributed by atoms with E-state index in [9.17, 15) is 4.79 Å². The number of unbranched alkanes of at least 4 members (excludes halogenated alkanes) is 2. The Morgan fingerprint density at radius 1 is 1.00 bits per heavy atom. The molecule has 0 saturated carbocycles. The van der Waals surface area contributed by atoms with Gasteiger partial charge in [0.1, 0.15) is 0 Å². The van der Waals surface area contributed by atoms with Crippen molar-refractivity contribution in [2.45, 2.75) is 52.9 Å². The molecule has 0 fully saturated rings. The van der Waals surface area contributed by atoms with E-state index in [1.807, 2.05) is 0 Å². The van der Waals surface area contributed by atoms with Gasteiger partial charge in [-0.1, -0.05) is 33.6 Å². The zero-order valence-electron chi connectivity index (χ0n) is 11.0. The van der Waals surface area contributed by atoms with Gasteiger partial charge in [0.15, 0.2) is 0 Å². The van der Waals surface area contributed by atoms with Gasteiger partial charge in [0, 0.05) is 23.2 Å². The number of hydrogen-bond donors (Lipinski definition) is 5. The van der Waals surface area contributed by atoms with Crippen molar-refractivity contribution in [3.05, 3.63) is 0 Å². The van der Waals surface area contributed by atoms with Gasteiger partial charge in [0.05, 0.1) is 0 Å². The maximum Gasteiger partial charge on any atom is 0.668 e. The summed E-state index contributed by atoms with van der Waals surface area (Å²) in [5.74, 6) is -0.675. The average molecular weight is 327 g/mol. The van der Waals surface area contributed by atoms with Crippen LogP contribution in [0.15, 0.2) is 0 Å². The van der Waals surface area contributed by atoms with E-state index in [4.69, 9.17) is 24.3 Å². The van der Waals surface area contributed by atoms with E-state index in [0.29, 0.717) is 11.8 Å². The van der Waals surface area contributed by atoms with Crippen molar-refractivity contribution in [1.29, 1.82) is 0 Å². The smallest absolute Gasteiger partial charge is 0.481 e. The molecule has 18 heavy (non-hydrogen) atoms. The van der Waals surface area contributed by atoms with Crippen molar-refractivity contribution >= 4 is 15.0 Å². The van der Waals surface area contributed by atoms with Gasteiger partial charge in [0.25, 0.3) is 0 Å². The van der Waals surface area contributed by atoms with E-state index in [-0.39, 0.29) is 16.8 Å². The SMILES string of the molecule is CC(C)(C)CCCCCC(=O)O.O[Si](O)(O)O.[Co]. The fourth-order valence-corrected chi connectivity index (χ4v) is 1.11. The standard InChI is InChI=1S/C10H20O2.Co.H4O4Si/c1-10(2,3)8-6-4-5-7-9(11)12;;1-5(2,3)4/h4-8H2,1-3H3,(H,11,12);;1-4H. The molecule has 113 valence electrons. The third-order valence-corrected chi connectivity index (χ3v) is 1.82. The molecule has 0 aliphatic carbocycles. The van der Waals surface area contributed by atoms with Crippen LogP contribution in [-0.2, 0) is 21.6 Å². The minimum Gasteiger partial charge on any atom is -0.481 e. The van der Waals surface area contributed by atoms with E-state index in [2.05, 4.69) is 20.8 Å². The Labute approximate surface area is 119 Å². The van der Waals surface area contributed by atoms with E-state index in [1.54, 1.807) is 0 Å². The Balaban J connectivity index is -0.000000321. The van der Waals surface area contributed by atoms with E-state index in [0.717, 1.165) is 19.3 Å². The molecule has 0 atom stereocenters. The third kappa shape index (κ3) is 44.4. The summed E-state index contributed by atoms with van der Waals surface area (Å²) in [5.41, 5.74) is 0.392. The van der Waals surface area contributed by atoms with Gasteiger partial charge in [-0.3, -0.25) is 4.79 Å². The van der Waals surface area contributed by atoms with Gasteiger partial charge in [-0.15, -0.1) is 0 Å². The van der Waals surface area contributed by atoms with Crippen LogP contribution in [0.4, 0.5) is 0 Å². The molecular formula is C10H24CoO6Si. The van der Waals surface area contributed by atoms with Crippen LogP contribution in [0.3, 0.4) is 0 Å². The van der Waals surface area contributed by atoms with Crippen molar-refractivity contribution in [3.8, 4) is 0 Å². The number of carboxylic acid groups (broad SMARTS) is 1. The summed E-state index contributed by atoms with van der Waals surface area (Å²) in [7, 11) is -4.61. The summed E-state index contributed by atoms with van der Waals surface area (Å²) in [4.78, 5) is 39.5. The van der Waals surface area contributed by atoms with Gasteiger partial charge >= 0.3 is 15.0 Å². The summed E-state index contributed by atoms with van der Waals surface area (Å²) in [6.45, 7) is 6.64. The number of carbonyl (C=O) groups is 1. The van der Waals surface area contributed by atoms with Crippen molar-refractivity contribution in [1.82, 2.24) is 0 Å². The van der Waals surface area contributed by atoms with Gasteiger partial charge in [0.2, 0.25) is 0 Å². The van der Waals surface area contributed by atoms with Crippen LogP contribution in [0, 0.1) is 5.41 Å². The Kier molecular flexibility index (Phi) is 14.0. The fourth-order valence-electron chi connectivity index (χ4n) is 1.11. The fraction of sp³-hybridized carbons (Fsp3) is 0.900. The summed E-state index contributed by atoms with van der Waals surface area (Å²) >= 11 is 0. The first-order valence-corrected chi connectivity index (χ1v) is 7.32. The minimum absolute atomic E-state index is 0. The molecule has 0 rings (SSSR count). The third-order valence-electron chi connectivity index (χ3n) is 1.82. The molecule has 1 radical (unpaired) electrons. The van der Waals surface area contributed by atoms with Crippen molar-refractivity contribution in [2.24, 2.45) is 5.41 Å². The van der Waals surface area contributed by atoms with Crippen LogP contribution < -0.4 is 0 Å². The molecule has 0 unspecified atom stereocenters. The molecule has 0 amide bonds. The molecule has 0 aliphatic heterocycles. The van der Waals surface area contributed by atoms with Crippen LogP contribution in [0.2, 0.25) is 0 Å². The molecule has 0 aliphatic rings. The van der Waals surface area contributed by atoms with E-state index >= 15 is 0 Å². The second-order valence-corrected chi connectivity index (χ2v) is 6.32. The van der Waals surface area contributed by atoms with Gasteiger partial charge < -0.3 is 24.3 Å². The first-order valence-electron chi connectivity index (χ1n) is 5.53. The predicted molar refractivity (Wildman–Crippen MR) is 64.8 cm³/mol. The molecule has 5 N–H and O–H groups in total. The maximum absolute atomic E-state index is 10.2. The van der Waals surface area contributed by atoms with Crippen molar-refractivity contribution < 1.29 is 45.9 Å². The summed E-state index contributed by atoms with van der Waals surface area (Å²) in [6.07, 6.45) is 4.53. The summed E-state index contributed by atoms with van der Waals surface area (Å²) in [5, 5.41) is 8.37. The molecule has 0 bridgehead atoms. The molecule has 0 aromatic rings. The Bertz CT molecular complexity index is 205. The number of aliphatic carboxylic acids is 1.